The van der Waals surface area contributed by atoms with Crippen LogP contribution in [0.2, 0.25) is 0 Å². The van der Waals surface area contributed by atoms with Crippen LogP contribution < -0.4 is 41.3 Å². The molecule has 8 bridgehead atoms. The molecule has 8 nitrogen and oxygen atoms in total. The number of nitrogens with zero attached hydrogens (tertiary/aromatic N) is 4. The van der Waals surface area contributed by atoms with E-state index in [0.717, 1.165) is 60.9 Å². The van der Waals surface area contributed by atoms with Crippen molar-refractivity contribution in [1.82, 2.24) is 19.9 Å². The second-order valence-corrected chi connectivity index (χ2v) is 10.6. The van der Waals surface area contributed by atoms with Crippen LogP contribution in [0.5, 0.6) is 0 Å². The number of rotatable bonds is 8. The molecule has 0 spiro atoms. The van der Waals surface area contributed by atoms with Gasteiger partial charge in [0.1, 0.15) is 0 Å². The van der Waals surface area contributed by atoms with E-state index < -0.39 is 11.9 Å². The summed E-state index contributed by atoms with van der Waals surface area (Å²) >= 11 is 0. The molecule has 226 valence electrons. The van der Waals surface area contributed by atoms with E-state index in [4.69, 9.17) is 19.9 Å². The van der Waals surface area contributed by atoms with Gasteiger partial charge in [-0.1, -0.05) is 83.0 Å². The molecule has 4 aromatic rings. The third-order valence-electron chi connectivity index (χ3n) is 8.06. The van der Waals surface area contributed by atoms with Crippen LogP contribution in [0.1, 0.15) is 80.1 Å². The molecule has 5 heterocycles. The first-order chi connectivity index (χ1) is 20.0. The summed E-state index contributed by atoms with van der Waals surface area (Å²) in [7, 11) is 0. The summed E-state index contributed by atoms with van der Waals surface area (Å²) in [4.78, 5) is 42.7. The minimum Gasteiger partial charge on any atom is -0.657 e. The molecule has 9 heteroatoms. The van der Waals surface area contributed by atoms with Crippen molar-refractivity contribution in [2.45, 2.75) is 53.4 Å². The van der Waals surface area contributed by atoms with Gasteiger partial charge in [-0.05, 0) is 51.7 Å². The van der Waals surface area contributed by atoms with Gasteiger partial charge in [0, 0.05) is 33.3 Å². The summed E-state index contributed by atoms with van der Waals surface area (Å²) in [5, 5.41) is 21.7. The zero-order valence-corrected chi connectivity index (χ0v) is 26.1. The largest absolute Gasteiger partial charge is 0.657 e. The minimum absolute atomic E-state index is 0. The van der Waals surface area contributed by atoms with E-state index in [9.17, 15) is 19.8 Å². The van der Waals surface area contributed by atoms with Crippen LogP contribution >= 0.6 is 0 Å². The summed E-state index contributed by atoms with van der Waals surface area (Å²) in [6.45, 7) is 15.9. The molecule has 0 fully saturated rings. The predicted octanol–water partition coefficient (Wildman–Crippen LogP) is 1.70. The topological polar surface area (TPSA) is 131 Å². The monoisotopic (exact) mass is 666 g/mol. The Morgan fingerprint density at radius 1 is 0.605 bits per heavy atom. The molecule has 4 aromatic heterocycles. The summed E-state index contributed by atoms with van der Waals surface area (Å²) in [5.41, 5.74) is 9.84. The standard InChI is InChI=1S/C34H32N4O4.Pd/c1-7-21-17(3)25-13-26-19(5)23(9-11-33(39)40)31(37-26)16-32-24(10-12-34(41)42)20(6)28(38-32)15-30-22(8-2)18(4)27(36-30)14-29(21)35-25;/h7-8,13-16H,1-2,9-12H2,3-6H3,(H,39,40)(H,41,42);/q-4;/b25-13-,26-13?,27-14?,28-15-,29-14-,30-15?,31-16?,32-16-;. The number of carbonyl (C=O) groups is 2. The van der Waals surface area contributed by atoms with Gasteiger partial charge in [0.05, 0.1) is 0 Å². The summed E-state index contributed by atoms with van der Waals surface area (Å²) in [5.74, 6) is -1.80. The average molecular weight is 667 g/mol. The van der Waals surface area contributed by atoms with Gasteiger partial charge in [-0.25, -0.2) is 0 Å². The van der Waals surface area contributed by atoms with Crippen molar-refractivity contribution in [2.24, 2.45) is 0 Å². The van der Waals surface area contributed by atoms with Crippen molar-refractivity contribution in [2.75, 3.05) is 0 Å². The molecule has 0 unspecified atom stereocenters. The van der Waals surface area contributed by atoms with Crippen LogP contribution in [-0.2, 0) is 42.9 Å². The Balaban J connectivity index is 0.00000423. The number of hydrogen-bond donors (Lipinski definition) is 2. The minimum atomic E-state index is -0.898. The molecule has 0 saturated heterocycles. The third kappa shape index (κ3) is 5.97. The van der Waals surface area contributed by atoms with Gasteiger partial charge < -0.3 is 30.1 Å². The Morgan fingerprint density at radius 3 is 1.72 bits per heavy atom. The molecule has 0 aliphatic carbocycles. The van der Waals surface area contributed by atoms with E-state index in [2.05, 4.69) is 13.2 Å². The van der Waals surface area contributed by atoms with Crippen LogP contribution in [0.4, 0.5) is 0 Å². The fourth-order valence-electron chi connectivity index (χ4n) is 5.61. The van der Waals surface area contributed by atoms with Crippen molar-refractivity contribution in [3.8, 4) is 0 Å². The van der Waals surface area contributed by atoms with E-state index in [-0.39, 0.29) is 33.3 Å². The zero-order valence-electron chi connectivity index (χ0n) is 24.5. The second-order valence-electron chi connectivity index (χ2n) is 10.6. The van der Waals surface area contributed by atoms with Gasteiger partial charge in [-0.2, -0.15) is 0 Å². The molecule has 5 rings (SSSR count). The molecule has 0 aromatic carbocycles. The molecule has 43 heavy (non-hydrogen) atoms. The maximum atomic E-state index is 11.5. The van der Waals surface area contributed by atoms with Crippen LogP contribution in [0.15, 0.2) is 13.2 Å². The zero-order chi connectivity index (χ0) is 30.3. The number of aliphatic carboxylic acids is 2. The summed E-state index contributed by atoms with van der Waals surface area (Å²) in [6, 6.07) is 0. The Hall–Kier alpha value is -4.32. The van der Waals surface area contributed by atoms with Crippen LogP contribution in [0.3, 0.4) is 0 Å². The van der Waals surface area contributed by atoms with Crippen LogP contribution in [-0.4, -0.2) is 22.2 Å². The fourth-order valence-corrected chi connectivity index (χ4v) is 5.61. The van der Waals surface area contributed by atoms with Gasteiger partial charge in [0.15, 0.2) is 0 Å². The van der Waals surface area contributed by atoms with Crippen LogP contribution in [0, 0.1) is 27.7 Å². The van der Waals surface area contributed by atoms with E-state index in [1.54, 1.807) is 12.2 Å². The Labute approximate surface area is 263 Å². The molecule has 1 aliphatic rings. The summed E-state index contributed by atoms with van der Waals surface area (Å²) < 4.78 is 0. The van der Waals surface area contributed by atoms with Crippen molar-refractivity contribution >= 4 is 48.4 Å². The number of aromatic nitrogens is 4. The molecule has 1 aliphatic heterocycles. The normalized spacial score (nSPS) is 15.0. The van der Waals surface area contributed by atoms with Crippen molar-refractivity contribution in [3.63, 3.8) is 0 Å². The first kappa shape index (κ1) is 31.6. The number of carboxylic acid groups (broad SMARTS) is 2. The molecule has 0 radical (unpaired) electrons. The quantitative estimate of drug-likeness (QED) is 0.240. The van der Waals surface area contributed by atoms with Gasteiger partial charge in [0.2, 0.25) is 0 Å². The molecule has 0 amide bonds. The SMILES string of the molecule is C=Cc1c2[n-]c(c1C)/C=c1\[n-]/c(c(C)c1C=C)=C\c1[n-]c(c(CCC(=O)O)c1C)/C=c1\[n-]/c(c(C)c1CCC(=O)O)=C\2.[Pd]. The number of hydrogen-bond acceptors (Lipinski definition) is 2. The first-order valence-electron chi connectivity index (χ1n) is 13.8. The van der Waals surface area contributed by atoms with E-state index in [1.165, 1.54) is 0 Å². The number of carboxylic acids is 2. The molecule has 0 saturated carbocycles. The van der Waals surface area contributed by atoms with E-state index >= 15 is 0 Å². The molecular formula is C34H32N4O4Pd-4. The fraction of sp³-hybridized carbons (Fsp3) is 0.235. The third-order valence-corrected chi connectivity index (χ3v) is 8.06. The Kier molecular flexibility index (Phi) is 9.19. The van der Waals surface area contributed by atoms with Gasteiger partial charge in [-0.3, -0.25) is 9.59 Å². The second kappa shape index (κ2) is 12.5. The average Bonchev–Trinajstić information content (AvgIpc) is 3.59. The van der Waals surface area contributed by atoms with Gasteiger partial charge >= 0.3 is 11.9 Å². The van der Waals surface area contributed by atoms with Gasteiger partial charge in [0.25, 0.3) is 0 Å². The van der Waals surface area contributed by atoms with Crippen molar-refractivity contribution < 1.29 is 40.2 Å². The molecule has 2 N–H and O–H groups in total. The maximum Gasteiger partial charge on any atom is 0.303 e. The maximum absolute atomic E-state index is 11.5. The predicted molar refractivity (Wildman–Crippen MR) is 163 cm³/mol. The van der Waals surface area contributed by atoms with Crippen molar-refractivity contribution in [1.29, 1.82) is 0 Å². The van der Waals surface area contributed by atoms with Crippen molar-refractivity contribution in [3.05, 3.63) is 102 Å². The smallest absolute Gasteiger partial charge is 0.303 e. The van der Waals surface area contributed by atoms with E-state index in [1.807, 2.05) is 52.0 Å². The number of fused-ring (bicyclic) bond motifs is 8. The molecule has 0 atom stereocenters. The van der Waals surface area contributed by atoms with Gasteiger partial charge in [-0.15, -0.1) is 44.2 Å². The van der Waals surface area contributed by atoms with E-state index in [0.29, 0.717) is 40.6 Å². The first-order valence-corrected chi connectivity index (χ1v) is 13.8. The Bertz CT molecular complexity index is 2030. The Morgan fingerprint density at radius 2 is 1.09 bits per heavy atom. The van der Waals surface area contributed by atoms with Crippen LogP contribution in [0.25, 0.3) is 36.5 Å². The molecular weight excluding hydrogens is 635 g/mol. The summed E-state index contributed by atoms with van der Waals surface area (Å²) in [6.07, 6.45) is 11.7.